The Hall–Kier alpha value is -3.66. The average Bonchev–Trinajstić information content (AvgIpc) is 3.00. The second-order valence-corrected chi connectivity index (χ2v) is 8.88. The van der Waals surface area contributed by atoms with Gasteiger partial charge < -0.3 is 10.1 Å². The molecule has 1 N–H and O–H groups in total. The van der Waals surface area contributed by atoms with Crippen molar-refractivity contribution in [3.63, 3.8) is 0 Å². The minimum Gasteiger partial charge on any atom is -0.437 e. The summed E-state index contributed by atoms with van der Waals surface area (Å²) in [5.74, 6) is 1.67. The van der Waals surface area contributed by atoms with Crippen molar-refractivity contribution in [3.8, 4) is 17.7 Å². The molecule has 0 atom stereocenters. The van der Waals surface area contributed by atoms with E-state index in [-0.39, 0.29) is 11.0 Å². The Kier molecular flexibility index (Phi) is 4.00. The summed E-state index contributed by atoms with van der Waals surface area (Å²) in [4.78, 5) is 9.38. The molecule has 3 aliphatic rings. The molecule has 1 aromatic carbocycles. The van der Waals surface area contributed by atoms with Crippen LogP contribution < -0.4 is 10.1 Å². The third kappa shape index (κ3) is 2.82. The molecule has 0 spiro atoms. The Morgan fingerprint density at radius 2 is 1.84 bits per heavy atom. The first-order valence-electron chi connectivity index (χ1n) is 10.3. The third-order valence-corrected chi connectivity index (χ3v) is 6.46. The second-order valence-electron chi connectivity index (χ2n) is 8.88. The molecule has 0 unspecified atom stereocenters. The number of nitriles is 1. The van der Waals surface area contributed by atoms with Gasteiger partial charge in [0, 0.05) is 12.6 Å². The first-order valence-corrected chi connectivity index (χ1v) is 10.3. The van der Waals surface area contributed by atoms with Crippen LogP contribution in [0.5, 0.6) is 11.6 Å². The zero-order valence-corrected chi connectivity index (χ0v) is 18.0. The fourth-order valence-corrected chi connectivity index (χ4v) is 5.08. The van der Waals surface area contributed by atoms with Crippen LogP contribution in [0.2, 0.25) is 0 Å². The van der Waals surface area contributed by atoms with Crippen LogP contribution >= 0.6 is 0 Å². The molecule has 0 saturated heterocycles. The second kappa shape index (κ2) is 6.42. The van der Waals surface area contributed by atoms with Crippen molar-refractivity contribution >= 4 is 29.1 Å². The number of anilines is 1. The zero-order chi connectivity index (χ0) is 22.0. The fourth-order valence-electron chi connectivity index (χ4n) is 5.08. The molecule has 0 amide bonds. The summed E-state index contributed by atoms with van der Waals surface area (Å²) in [7, 11) is 1.85. The summed E-state index contributed by atoms with van der Waals surface area (Å²) in [5.41, 5.74) is 4.13. The Bertz CT molecular complexity index is 1270. The van der Waals surface area contributed by atoms with Crippen molar-refractivity contribution in [2.24, 2.45) is 12.5 Å². The highest BCUT2D eigenvalue weighted by molar-refractivity contribution is 5.89. The van der Waals surface area contributed by atoms with Crippen molar-refractivity contribution in [3.05, 3.63) is 47.7 Å². The van der Waals surface area contributed by atoms with Gasteiger partial charge in [0.2, 0.25) is 11.8 Å². The molecule has 31 heavy (non-hydrogen) atoms. The Morgan fingerprint density at radius 1 is 1.16 bits per heavy atom. The summed E-state index contributed by atoms with van der Waals surface area (Å²) in [5, 5.41) is 18.0. The summed E-state index contributed by atoms with van der Waals surface area (Å²) in [6.45, 7) is 11.8. The SMILES string of the molecule is C=Cc1cc(C)c(Oc2nc(NC34CC(C#N)(C3)C4)nc3nn(C)c(C=C)c23)c(C)c1. The summed E-state index contributed by atoms with van der Waals surface area (Å²) in [6, 6.07) is 6.50. The maximum Gasteiger partial charge on any atom is 0.235 e. The van der Waals surface area contributed by atoms with E-state index in [2.05, 4.69) is 34.6 Å². The number of aromatic nitrogens is 4. The molecule has 0 radical (unpaired) electrons. The van der Waals surface area contributed by atoms with Gasteiger partial charge in [0.25, 0.3) is 0 Å². The maximum absolute atomic E-state index is 9.31. The molecule has 2 aromatic heterocycles. The number of benzene rings is 1. The highest BCUT2D eigenvalue weighted by Gasteiger charge is 2.69. The molecule has 3 fully saturated rings. The van der Waals surface area contributed by atoms with Crippen LogP contribution in [0.1, 0.15) is 41.6 Å². The van der Waals surface area contributed by atoms with E-state index in [0.717, 1.165) is 52.8 Å². The van der Waals surface area contributed by atoms with Crippen LogP contribution in [0.25, 0.3) is 23.2 Å². The normalized spacial score (nSPS) is 23.4. The molecule has 2 bridgehead atoms. The minimum atomic E-state index is -0.154. The van der Waals surface area contributed by atoms with E-state index in [1.54, 1.807) is 10.8 Å². The van der Waals surface area contributed by atoms with E-state index in [1.807, 2.05) is 39.1 Å². The molecular formula is C24H24N6O. The lowest BCUT2D eigenvalue weighted by atomic mass is 9.40. The standard InChI is InChI=1S/C24H24N6O/c1-6-16-8-14(3)19(15(4)9-16)31-21-18-17(7-2)30(5)29-20(18)26-22(27-21)28-24-10-23(11-24,12-24)13-25/h6-9H,1-2,10-12H2,3-5H3,(H,26,28,29). The molecule has 2 heterocycles. The van der Waals surface area contributed by atoms with E-state index >= 15 is 0 Å². The number of rotatable bonds is 6. The van der Waals surface area contributed by atoms with Gasteiger partial charge in [-0.25, -0.2) is 0 Å². The molecule has 7 heteroatoms. The third-order valence-electron chi connectivity index (χ3n) is 6.46. The molecule has 156 valence electrons. The number of hydrogen-bond acceptors (Lipinski definition) is 6. The van der Waals surface area contributed by atoms with Crippen molar-refractivity contribution in [1.29, 1.82) is 5.26 Å². The zero-order valence-electron chi connectivity index (χ0n) is 18.0. The molecule has 3 aromatic rings. The van der Waals surface area contributed by atoms with Gasteiger partial charge in [0.15, 0.2) is 5.65 Å². The maximum atomic E-state index is 9.31. The monoisotopic (exact) mass is 412 g/mol. The van der Waals surface area contributed by atoms with Gasteiger partial charge in [-0.2, -0.15) is 20.3 Å². The molecule has 0 aliphatic heterocycles. The fraction of sp³-hybridized carbons (Fsp3) is 0.333. The van der Waals surface area contributed by atoms with E-state index in [9.17, 15) is 5.26 Å². The number of aryl methyl sites for hydroxylation is 3. The number of nitrogens with one attached hydrogen (secondary N) is 1. The number of fused-ring (bicyclic) bond motifs is 1. The van der Waals surface area contributed by atoms with Crippen molar-refractivity contribution < 1.29 is 4.74 Å². The highest BCUT2D eigenvalue weighted by atomic mass is 16.5. The summed E-state index contributed by atoms with van der Waals surface area (Å²) >= 11 is 0. The molecule has 3 saturated carbocycles. The van der Waals surface area contributed by atoms with Gasteiger partial charge in [-0.3, -0.25) is 4.68 Å². The molecule has 7 nitrogen and oxygen atoms in total. The van der Waals surface area contributed by atoms with E-state index in [1.165, 1.54) is 0 Å². The van der Waals surface area contributed by atoms with E-state index < -0.39 is 0 Å². The lowest BCUT2D eigenvalue weighted by Gasteiger charge is -2.66. The Morgan fingerprint density at radius 3 is 2.42 bits per heavy atom. The minimum absolute atomic E-state index is 0.0891. The predicted molar refractivity (Wildman–Crippen MR) is 121 cm³/mol. The van der Waals surface area contributed by atoms with Crippen LogP contribution in [0.4, 0.5) is 5.95 Å². The Balaban J connectivity index is 1.58. The first kappa shape index (κ1) is 19.3. The smallest absolute Gasteiger partial charge is 0.235 e. The van der Waals surface area contributed by atoms with Gasteiger partial charge in [-0.15, -0.1) is 0 Å². The van der Waals surface area contributed by atoms with Gasteiger partial charge in [0.05, 0.1) is 17.2 Å². The first-order chi connectivity index (χ1) is 14.8. The van der Waals surface area contributed by atoms with Crippen molar-refractivity contribution in [2.45, 2.75) is 38.6 Å². The molecular weight excluding hydrogens is 388 g/mol. The number of hydrogen-bond donors (Lipinski definition) is 1. The van der Waals surface area contributed by atoms with Crippen molar-refractivity contribution in [1.82, 2.24) is 19.7 Å². The van der Waals surface area contributed by atoms with Crippen LogP contribution in [-0.2, 0) is 7.05 Å². The molecule has 3 aliphatic carbocycles. The van der Waals surface area contributed by atoms with Gasteiger partial charge in [-0.05, 0) is 68.0 Å². The van der Waals surface area contributed by atoms with E-state index in [0.29, 0.717) is 17.5 Å². The van der Waals surface area contributed by atoms with Crippen LogP contribution in [0, 0.1) is 30.6 Å². The lowest BCUT2D eigenvalue weighted by Crippen LogP contribution is -2.70. The van der Waals surface area contributed by atoms with Crippen LogP contribution in [0.15, 0.2) is 25.3 Å². The van der Waals surface area contributed by atoms with Crippen molar-refractivity contribution in [2.75, 3.05) is 5.32 Å². The quantitative estimate of drug-likeness (QED) is 0.618. The molecule has 6 rings (SSSR count). The van der Waals surface area contributed by atoms with Crippen LogP contribution in [0.3, 0.4) is 0 Å². The lowest BCUT2D eigenvalue weighted by molar-refractivity contribution is -0.0665. The number of nitrogens with zero attached hydrogens (tertiary/aromatic N) is 5. The summed E-state index contributed by atoms with van der Waals surface area (Å²) in [6.07, 6.45) is 6.04. The predicted octanol–water partition coefficient (Wildman–Crippen LogP) is 4.92. The average molecular weight is 412 g/mol. The Labute approximate surface area is 181 Å². The van der Waals surface area contributed by atoms with E-state index in [4.69, 9.17) is 9.72 Å². The van der Waals surface area contributed by atoms with Gasteiger partial charge >= 0.3 is 0 Å². The van der Waals surface area contributed by atoms with Gasteiger partial charge in [0.1, 0.15) is 11.1 Å². The highest BCUT2D eigenvalue weighted by Crippen LogP contribution is 2.67. The van der Waals surface area contributed by atoms with Crippen LogP contribution in [-0.4, -0.2) is 25.3 Å². The summed E-state index contributed by atoms with van der Waals surface area (Å²) < 4.78 is 8.12. The topological polar surface area (TPSA) is 88.7 Å². The number of ether oxygens (including phenoxy) is 1. The largest absolute Gasteiger partial charge is 0.437 e. The van der Waals surface area contributed by atoms with Gasteiger partial charge in [-0.1, -0.05) is 19.2 Å².